The van der Waals surface area contributed by atoms with Crippen molar-refractivity contribution in [2.75, 3.05) is 13.2 Å². The molecule has 0 spiro atoms. The Bertz CT molecular complexity index is 595. The van der Waals surface area contributed by atoms with Crippen molar-refractivity contribution < 1.29 is 18.3 Å². The third kappa shape index (κ3) is 6.07. The summed E-state index contributed by atoms with van der Waals surface area (Å²) in [6.07, 6.45) is 3.77. The van der Waals surface area contributed by atoms with E-state index in [-0.39, 0.29) is 17.4 Å². The van der Waals surface area contributed by atoms with Crippen molar-refractivity contribution in [2.45, 2.75) is 70.2 Å². The number of ether oxygens (including phenoxy) is 1. The lowest BCUT2D eigenvalue weighted by Gasteiger charge is -2.18. The molecule has 2 N–H and O–H groups in total. The highest BCUT2D eigenvalue weighted by Gasteiger charge is 2.21. The Morgan fingerprint density at radius 1 is 1.21 bits per heavy atom. The highest BCUT2D eigenvalue weighted by atomic mass is 32.2. The maximum absolute atomic E-state index is 12.5. The molecule has 24 heavy (non-hydrogen) atoms. The summed E-state index contributed by atoms with van der Waals surface area (Å²) >= 11 is 0. The summed E-state index contributed by atoms with van der Waals surface area (Å²) in [7, 11) is -3.65. The maximum Gasteiger partial charge on any atom is 0.240 e. The van der Waals surface area contributed by atoms with Crippen LogP contribution < -0.4 is 9.46 Å². The summed E-state index contributed by atoms with van der Waals surface area (Å²) in [5.74, 6) is 0.899. The predicted molar refractivity (Wildman–Crippen MR) is 97.0 cm³/mol. The van der Waals surface area contributed by atoms with Gasteiger partial charge in [-0.2, -0.15) is 0 Å². The van der Waals surface area contributed by atoms with Crippen LogP contribution in [0.3, 0.4) is 0 Å². The Labute approximate surface area is 146 Å². The second kappa shape index (κ2) is 10.0. The molecule has 0 fully saturated rings. The molecular formula is C18H31NO4S. The average Bonchev–Trinajstić information content (AvgIpc) is 2.56. The van der Waals surface area contributed by atoms with E-state index in [1.807, 2.05) is 20.8 Å². The summed E-state index contributed by atoms with van der Waals surface area (Å²) in [4.78, 5) is 0.207. The van der Waals surface area contributed by atoms with Crippen LogP contribution in [0.4, 0.5) is 0 Å². The van der Waals surface area contributed by atoms with Gasteiger partial charge < -0.3 is 9.84 Å². The van der Waals surface area contributed by atoms with Crippen LogP contribution in [0.5, 0.6) is 5.75 Å². The smallest absolute Gasteiger partial charge is 0.240 e. The fourth-order valence-corrected chi connectivity index (χ4v) is 3.69. The summed E-state index contributed by atoms with van der Waals surface area (Å²) in [5, 5.41) is 9.22. The molecule has 0 radical (unpaired) electrons. The van der Waals surface area contributed by atoms with Gasteiger partial charge in [-0.05, 0) is 42.5 Å². The second-order valence-electron chi connectivity index (χ2n) is 6.32. The molecular weight excluding hydrogens is 326 g/mol. The van der Waals surface area contributed by atoms with Gasteiger partial charge in [0.15, 0.2) is 0 Å². The van der Waals surface area contributed by atoms with E-state index in [0.29, 0.717) is 13.0 Å². The van der Waals surface area contributed by atoms with Crippen molar-refractivity contribution in [2.24, 2.45) is 0 Å². The third-order valence-corrected chi connectivity index (χ3v) is 5.47. The molecule has 0 amide bonds. The monoisotopic (exact) mass is 357 g/mol. The molecule has 0 aliphatic carbocycles. The Morgan fingerprint density at radius 3 is 2.46 bits per heavy atom. The molecule has 6 heteroatoms. The van der Waals surface area contributed by atoms with Gasteiger partial charge in [-0.15, -0.1) is 0 Å². The minimum absolute atomic E-state index is 0.154. The van der Waals surface area contributed by atoms with Crippen LogP contribution in [-0.4, -0.2) is 32.8 Å². The molecule has 1 rings (SSSR count). The Balaban J connectivity index is 3.00. The van der Waals surface area contributed by atoms with Gasteiger partial charge in [-0.3, -0.25) is 0 Å². The number of benzene rings is 1. The zero-order chi connectivity index (χ0) is 18.2. The molecule has 1 aromatic rings. The Hall–Kier alpha value is -1.11. The highest BCUT2D eigenvalue weighted by Crippen LogP contribution is 2.29. The van der Waals surface area contributed by atoms with E-state index in [2.05, 4.69) is 11.6 Å². The summed E-state index contributed by atoms with van der Waals surface area (Å²) in [6, 6.07) is 4.50. The zero-order valence-corrected chi connectivity index (χ0v) is 16.0. The number of sulfonamides is 1. The lowest BCUT2D eigenvalue weighted by molar-refractivity contribution is 0.254. The first kappa shape index (κ1) is 20.9. The van der Waals surface area contributed by atoms with Crippen LogP contribution in [0, 0.1) is 0 Å². The standard InChI is InChI=1S/C18H31NO4S/c1-5-7-8-11-23-18-10-9-16(12-17(18)14(3)4)24(21,22)19-15(6-2)13-20/h9-10,12,14-15,19-20H,5-8,11,13H2,1-4H3/t15-/m1/s1. The third-order valence-electron chi connectivity index (χ3n) is 3.95. The molecule has 0 saturated carbocycles. The number of unbranched alkanes of at least 4 members (excludes halogenated alkanes) is 2. The van der Waals surface area contributed by atoms with Crippen LogP contribution >= 0.6 is 0 Å². The van der Waals surface area contributed by atoms with Crippen LogP contribution in [0.1, 0.15) is 64.9 Å². The lowest BCUT2D eigenvalue weighted by Crippen LogP contribution is -2.36. The summed E-state index contributed by atoms with van der Waals surface area (Å²) < 4.78 is 33.3. The van der Waals surface area contributed by atoms with Crippen molar-refractivity contribution >= 4 is 10.0 Å². The Morgan fingerprint density at radius 2 is 1.92 bits per heavy atom. The summed E-state index contributed by atoms with van der Waals surface area (Å²) in [5.41, 5.74) is 0.881. The molecule has 0 heterocycles. The first-order chi connectivity index (χ1) is 11.4. The fraction of sp³-hybridized carbons (Fsp3) is 0.667. The molecule has 0 saturated heterocycles. The van der Waals surface area contributed by atoms with Crippen LogP contribution in [-0.2, 0) is 10.0 Å². The molecule has 0 aliphatic rings. The van der Waals surface area contributed by atoms with Crippen molar-refractivity contribution in [1.82, 2.24) is 4.72 Å². The fourth-order valence-electron chi connectivity index (χ4n) is 2.35. The van der Waals surface area contributed by atoms with Gasteiger partial charge >= 0.3 is 0 Å². The largest absolute Gasteiger partial charge is 0.493 e. The predicted octanol–water partition coefficient (Wildman–Crippen LogP) is 3.43. The molecule has 0 unspecified atom stereocenters. The number of aliphatic hydroxyl groups excluding tert-OH is 1. The average molecular weight is 358 g/mol. The topological polar surface area (TPSA) is 75.6 Å². The van der Waals surface area contributed by atoms with Crippen molar-refractivity contribution in [1.29, 1.82) is 0 Å². The van der Waals surface area contributed by atoms with Crippen LogP contribution in [0.15, 0.2) is 23.1 Å². The van der Waals surface area contributed by atoms with E-state index in [4.69, 9.17) is 4.74 Å². The number of aliphatic hydroxyl groups is 1. The highest BCUT2D eigenvalue weighted by molar-refractivity contribution is 7.89. The zero-order valence-electron chi connectivity index (χ0n) is 15.2. The molecule has 138 valence electrons. The van der Waals surface area contributed by atoms with Gasteiger partial charge in [0.25, 0.3) is 0 Å². The number of rotatable bonds is 11. The van der Waals surface area contributed by atoms with E-state index in [1.54, 1.807) is 18.2 Å². The number of nitrogens with one attached hydrogen (secondary N) is 1. The SMILES string of the molecule is CCCCCOc1ccc(S(=O)(=O)N[C@H](CC)CO)cc1C(C)C. The molecule has 1 aromatic carbocycles. The van der Waals surface area contributed by atoms with E-state index in [0.717, 1.165) is 30.6 Å². The molecule has 0 aromatic heterocycles. The van der Waals surface area contributed by atoms with E-state index < -0.39 is 16.1 Å². The lowest BCUT2D eigenvalue weighted by atomic mass is 10.0. The van der Waals surface area contributed by atoms with Crippen molar-refractivity contribution in [3.8, 4) is 5.75 Å². The van der Waals surface area contributed by atoms with Gasteiger partial charge in [0.2, 0.25) is 10.0 Å². The van der Waals surface area contributed by atoms with Crippen molar-refractivity contribution in [3.63, 3.8) is 0 Å². The molecule has 0 aliphatic heterocycles. The second-order valence-corrected chi connectivity index (χ2v) is 8.03. The first-order valence-corrected chi connectivity index (χ1v) is 10.2. The number of hydrogen-bond donors (Lipinski definition) is 2. The quantitative estimate of drug-likeness (QED) is 0.595. The normalized spacial score (nSPS) is 13.2. The van der Waals surface area contributed by atoms with Gasteiger partial charge in [-0.1, -0.05) is 40.5 Å². The maximum atomic E-state index is 12.5. The Kier molecular flexibility index (Phi) is 8.73. The van der Waals surface area contributed by atoms with Gasteiger partial charge in [0, 0.05) is 6.04 Å². The van der Waals surface area contributed by atoms with Gasteiger partial charge in [-0.25, -0.2) is 13.1 Å². The van der Waals surface area contributed by atoms with Gasteiger partial charge in [0.05, 0.1) is 18.1 Å². The van der Waals surface area contributed by atoms with Crippen LogP contribution in [0.2, 0.25) is 0 Å². The first-order valence-electron chi connectivity index (χ1n) is 8.75. The van der Waals surface area contributed by atoms with Gasteiger partial charge in [0.1, 0.15) is 5.75 Å². The van der Waals surface area contributed by atoms with E-state index in [1.165, 1.54) is 0 Å². The summed E-state index contributed by atoms with van der Waals surface area (Å²) in [6.45, 7) is 8.42. The molecule has 1 atom stereocenters. The molecule has 5 nitrogen and oxygen atoms in total. The minimum atomic E-state index is -3.65. The van der Waals surface area contributed by atoms with E-state index in [9.17, 15) is 13.5 Å². The van der Waals surface area contributed by atoms with Crippen molar-refractivity contribution in [3.05, 3.63) is 23.8 Å². The van der Waals surface area contributed by atoms with Crippen LogP contribution in [0.25, 0.3) is 0 Å². The minimum Gasteiger partial charge on any atom is -0.493 e. The number of hydrogen-bond acceptors (Lipinski definition) is 4. The van der Waals surface area contributed by atoms with E-state index >= 15 is 0 Å². The molecule has 0 bridgehead atoms.